The minimum Gasteiger partial charge on any atom is -0.315 e. The number of nitrogens with one attached hydrogen (secondary N) is 1. The van der Waals surface area contributed by atoms with E-state index in [2.05, 4.69) is 24.1 Å². The van der Waals surface area contributed by atoms with E-state index < -0.39 is 0 Å². The van der Waals surface area contributed by atoms with E-state index in [-0.39, 0.29) is 0 Å². The number of rotatable bonds is 3. The summed E-state index contributed by atoms with van der Waals surface area (Å²) in [4.78, 5) is 2.75. The lowest BCUT2D eigenvalue weighted by atomic mass is 9.91. The molecule has 0 saturated carbocycles. The van der Waals surface area contributed by atoms with Gasteiger partial charge in [0, 0.05) is 12.6 Å². The minimum absolute atomic E-state index is 0.841. The quantitative estimate of drug-likeness (QED) is 0.767. The molecule has 0 aromatic carbocycles. The van der Waals surface area contributed by atoms with Crippen molar-refractivity contribution in [1.29, 1.82) is 0 Å². The predicted molar refractivity (Wildman–Crippen MR) is 65.0 cm³/mol. The molecule has 2 rings (SSSR count). The molecule has 0 spiro atoms. The maximum absolute atomic E-state index is 3.55. The van der Waals surface area contributed by atoms with Crippen molar-refractivity contribution in [3.8, 4) is 0 Å². The highest BCUT2D eigenvalue weighted by atomic mass is 15.2. The third-order valence-electron chi connectivity index (χ3n) is 4.52. The number of hydrogen-bond donors (Lipinski definition) is 1. The molecule has 2 saturated heterocycles. The lowest BCUT2D eigenvalue weighted by molar-refractivity contribution is 0.114. The summed E-state index contributed by atoms with van der Waals surface area (Å²) in [6, 6.07) is 0.841. The fraction of sp³-hybridized carbons (Fsp3) is 1.00. The second kappa shape index (κ2) is 5.31. The van der Waals surface area contributed by atoms with Crippen LogP contribution in [0.2, 0.25) is 0 Å². The molecule has 0 amide bonds. The van der Waals surface area contributed by atoms with Crippen molar-refractivity contribution in [2.75, 3.05) is 26.2 Å². The van der Waals surface area contributed by atoms with Gasteiger partial charge in [0.25, 0.3) is 0 Å². The zero-order chi connectivity index (χ0) is 10.7. The third kappa shape index (κ3) is 2.54. The van der Waals surface area contributed by atoms with E-state index in [1.165, 1.54) is 51.9 Å². The van der Waals surface area contributed by atoms with Crippen LogP contribution in [0.15, 0.2) is 0 Å². The summed E-state index contributed by atoms with van der Waals surface area (Å²) < 4.78 is 0. The first-order valence-electron chi connectivity index (χ1n) is 6.79. The molecule has 0 aromatic rings. The van der Waals surface area contributed by atoms with Crippen molar-refractivity contribution in [2.45, 2.75) is 45.6 Å². The highest BCUT2D eigenvalue weighted by molar-refractivity contribution is 4.89. The van der Waals surface area contributed by atoms with Gasteiger partial charge in [0.15, 0.2) is 0 Å². The summed E-state index contributed by atoms with van der Waals surface area (Å²) >= 11 is 0. The van der Waals surface area contributed by atoms with E-state index >= 15 is 0 Å². The first-order valence-corrected chi connectivity index (χ1v) is 6.79. The fourth-order valence-corrected chi connectivity index (χ4v) is 3.26. The van der Waals surface area contributed by atoms with Crippen molar-refractivity contribution in [3.05, 3.63) is 0 Å². The Kier molecular flexibility index (Phi) is 4.04. The molecular formula is C13H26N2. The molecule has 2 atom stereocenters. The lowest BCUT2D eigenvalue weighted by Gasteiger charge is -2.37. The fourth-order valence-electron chi connectivity index (χ4n) is 3.26. The Labute approximate surface area is 94.4 Å². The number of hydrogen-bond acceptors (Lipinski definition) is 2. The maximum Gasteiger partial charge on any atom is 0.0260 e. The SMILES string of the molecule is CCC1CCN(C2CNCC2CC)CC1. The summed E-state index contributed by atoms with van der Waals surface area (Å²) in [5, 5.41) is 3.55. The molecule has 2 unspecified atom stereocenters. The van der Waals surface area contributed by atoms with Crippen molar-refractivity contribution < 1.29 is 0 Å². The average molecular weight is 210 g/mol. The van der Waals surface area contributed by atoms with Crippen LogP contribution in [-0.4, -0.2) is 37.1 Å². The smallest absolute Gasteiger partial charge is 0.0260 e. The molecule has 0 aliphatic carbocycles. The van der Waals surface area contributed by atoms with Gasteiger partial charge < -0.3 is 5.32 Å². The molecule has 0 radical (unpaired) electrons. The van der Waals surface area contributed by atoms with Crippen LogP contribution in [0.4, 0.5) is 0 Å². The molecule has 2 fully saturated rings. The monoisotopic (exact) mass is 210 g/mol. The maximum atomic E-state index is 3.55. The standard InChI is InChI=1S/C13H26N2/c1-3-11-5-7-15(8-6-11)13-10-14-9-12(13)4-2/h11-14H,3-10H2,1-2H3. The van der Waals surface area contributed by atoms with Gasteiger partial charge in [0.2, 0.25) is 0 Å². The van der Waals surface area contributed by atoms with Gasteiger partial charge in [-0.05, 0) is 44.3 Å². The Balaban J connectivity index is 1.84. The van der Waals surface area contributed by atoms with Crippen molar-refractivity contribution in [3.63, 3.8) is 0 Å². The van der Waals surface area contributed by atoms with Crippen LogP contribution in [0.5, 0.6) is 0 Å². The molecule has 2 aliphatic heterocycles. The molecule has 0 aromatic heterocycles. The van der Waals surface area contributed by atoms with E-state index in [4.69, 9.17) is 0 Å². The van der Waals surface area contributed by atoms with E-state index in [0.29, 0.717) is 0 Å². The first kappa shape index (κ1) is 11.4. The van der Waals surface area contributed by atoms with Gasteiger partial charge in [-0.2, -0.15) is 0 Å². The van der Waals surface area contributed by atoms with Gasteiger partial charge in [0.1, 0.15) is 0 Å². The van der Waals surface area contributed by atoms with E-state index in [9.17, 15) is 0 Å². The van der Waals surface area contributed by atoms with Gasteiger partial charge in [-0.25, -0.2) is 0 Å². The summed E-state index contributed by atoms with van der Waals surface area (Å²) in [7, 11) is 0. The molecule has 2 heterocycles. The van der Waals surface area contributed by atoms with Gasteiger partial charge >= 0.3 is 0 Å². The Morgan fingerprint density at radius 2 is 1.80 bits per heavy atom. The van der Waals surface area contributed by atoms with Gasteiger partial charge in [-0.3, -0.25) is 4.90 Å². The second-order valence-electron chi connectivity index (χ2n) is 5.28. The van der Waals surface area contributed by atoms with E-state index in [0.717, 1.165) is 17.9 Å². The van der Waals surface area contributed by atoms with Gasteiger partial charge in [0.05, 0.1) is 0 Å². The van der Waals surface area contributed by atoms with Gasteiger partial charge in [-0.15, -0.1) is 0 Å². The molecule has 1 N–H and O–H groups in total. The molecule has 2 nitrogen and oxygen atoms in total. The van der Waals surface area contributed by atoms with Crippen molar-refractivity contribution in [2.24, 2.45) is 11.8 Å². The summed E-state index contributed by atoms with van der Waals surface area (Å²) in [5.74, 6) is 1.92. The third-order valence-corrected chi connectivity index (χ3v) is 4.52. The van der Waals surface area contributed by atoms with Gasteiger partial charge in [-0.1, -0.05) is 26.7 Å². The number of piperidine rings is 1. The summed E-state index contributed by atoms with van der Waals surface area (Å²) in [6.45, 7) is 9.85. The predicted octanol–water partition coefficient (Wildman–Crippen LogP) is 2.11. The molecule has 15 heavy (non-hydrogen) atoms. The number of nitrogens with zero attached hydrogens (tertiary/aromatic N) is 1. The van der Waals surface area contributed by atoms with Crippen molar-refractivity contribution >= 4 is 0 Å². The van der Waals surface area contributed by atoms with Crippen LogP contribution in [0.1, 0.15) is 39.5 Å². The normalized spacial score (nSPS) is 34.8. The molecule has 2 heteroatoms. The zero-order valence-corrected chi connectivity index (χ0v) is 10.3. The minimum atomic E-state index is 0.841. The van der Waals surface area contributed by atoms with Crippen LogP contribution in [0, 0.1) is 11.8 Å². The Hall–Kier alpha value is -0.0800. The van der Waals surface area contributed by atoms with Crippen LogP contribution in [0.25, 0.3) is 0 Å². The zero-order valence-electron chi connectivity index (χ0n) is 10.3. The largest absolute Gasteiger partial charge is 0.315 e. The molecule has 0 bridgehead atoms. The number of likely N-dealkylation sites (tertiary alicyclic amines) is 1. The molecule has 2 aliphatic rings. The summed E-state index contributed by atoms with van der Waals surface area (Å²) in [5.41, 5.74) is 0. The lowest BCUT2D eigenvalue weighted by Crippen LogP contribution is -2.45. The van der Waals surface area contributed by atoms with Crippen molar-refractivity contribution in [1.82, 2.24) is 10.2 Å². The molecular weight excluding hydrogens is 184 g/mol. The first-order chi connectivity index (χ1) is 7.35. The highest BCUT2D eigenvalue weighted by Gasteiger charge is 2.32. The summed E-state index contributed by atoms with van der Waals surface area (Å²) in [6.07, 6.45) is 5.59. The Morgan fingerprint density at radius 3 is 2.40 bits per heavy atom. The second-order valence-corrected chi connectivity index (χ2v) is 5.28. The van der Waals surface area contributed by atoms with Crippen LogP contribution in [-0.2, 0) is 0 Å². The highest BCUT2D eigenvalue weighted by Crippen LogP contribution is 2.26. The van der Waals surface area contributed by atoms with Crippen LogP contribution < -0.4 is 5.32 Å². The van der Waals surface area contributed by atoms with Crippen LogP contribution >= 0.6 is 0 Å². The van der Waals surface area contributed by atoms with E-state index in [1.54, 1.807) is 0 Å². The topological polar surface area (TPSA) is 15.3 Å². The Bertz CT molecular complexity index is 185. The van der Waals surface area contributed by atoms with Crippen LogP contribution in [0.3, 0.4) is 0 Å². The van der Waals surface area contributed by atoms with E-state index in [1.807, 2.05) is 0 Å². The Morgan fingerprint density at radius 1 is 1.07 bits per heavy atom. The molecule has 88 valence electrons. The average Bonchev–Trinajstić information content (AvgIpc) is 2.77.